The van der Waals surface area contributed by atoms with Crippen LogP contribution in [0.25, 0.3) is 0 Å². The predicted molar refractivity (Wildman–Crippen MR) is 86.9 cm³/mol. The molecule has 1 aromatic rings. The number of carbonyl (C=O) groups excluding carboxylic acids is 1. The van der Waals surface area contributed by atoms with E-state index in [2.05, 4.69) is 5.32 Å². The summed E-state index contributed by atoms with van der Waals surface area (Å²) < 4.78 is 44.6. The average molecular weight is 374 g/mol. The third kappa shape index (κ3) is 4.80. The highest BCUT2D eigenvalue weighted by Crippen LogP contribution is 2.37. The first-order valence-electron chi connectivity index (χ1n) is 8.14. The van der Waals surface area contributed by atoms with Crippen LogP contribution in [-0.4, -0.2) is 53.9 Å². The van der Waals surface area contributed by atoms with Crippen molar-refractivity contribution < 1.29 is 32.6 Å². The number of likely N-dealkylation sites (tertiary alicyclic amines) is 1. The molecule has 1 unspecified atom stereocenters. The Labute approximate surface area is 148 Å². The van der Waals surface area contributed by atoms with Crippen LogP contribution < -0.4 is 10.1 Å². The second-order valence-corrected chi connectivity index (χ2v) is 6.38. The molecule has 1 heterocycles. The summed E-state index contributed by atoms with van der Waals surface area (Å²) >= 11 is 0. The minimum Gasteiger partial charge on any atom is -0.489 e. The van der Waals surface area contributed by atoms with Crippen LogP contribution in [0.4, 0.5) is 18.0 Å². The minimum atomic E-state index is -4.67. The highest BCUT2D eigenvalue weighted by molar-refractivity contribution is 5.77. The van der Waals surface area contributed by atoms with E-state index in [4.69, 9.17) is 9.84 Å². The fourth-order valence-electron chi connectivity index (χ4n) is 2.84. The van der Waals surface area contributed by atoms with E-state index >= 15 is 0 Å². The van der Waals surface area contributed by atoms with E-state index in [9.17, 15) is 22.8 Å². The number of para-hydroxylation sites is 1. The molecule has 0 saturated carbocycles. The lowest BCUT2D eigenvalue weighted by Gasteiger charge is -2.21. The molecule has 1 fully saturated rings. The molecule has 6 nitrogen and oxygen atoms in total. The van der Waals surface area contributed by atoms with Gasteiger partial charge in [0, 0.05) is 13.1 Å². The van der Waals surface area contributed by atoms with Gasteiger partial charge in [-0.2, -0.15) is 13.2 Å². The smallest absolute Gasteiger partial charge is 0.394 e. The van der Waals surface area contributed by atoms with Crippen LogP contribution >= 0.6 is 0 Å². The lowest BCUT2D eigenvalue weighted by molar-refractivity contribution is -0.187. The summed E-state index contributed by atoms with van der Waals surface area (Å²) in [5.41, 5.74) is 0.919. The zero-order valence-electron chi connectivity index (χ0n) is 14.4. The van der Waals surface area contributed by atoms with Crippen molar-refractivity contribution in [2.75, 3.05) is 19.6 Å². The number of carboxylic acid groups (broad SMARTS) is 1. The summed E-state index contributed by atoms with van der Waals surface area (Å²) in [6, 6.07) is 6.58. The van der Waals surface area contributed by atoms with Crippen LogP contribution in [0.3, 0.4) is 0 Å². The fraction of sp³-hybridized carbons (Fsp3) is 0.529. The quantitative estimate of drug-likeness (QED) is 0.831. The lowest BCUT2D eigenvalue weighted by Crippen LogP contribution is -2.43. The summed E-state index contributed by atoms with van der Waals surface area (Å²) in [5, 5.41) is 11.5. The largest absolute Gasteiger partial charge is 0.489 e. The molecule has 1 aliphatic heterocycles. The number of aryl methyl sites for hydroxylation is 1. The monoisotopic (exact) mass is 374 g/mol. The van der Waals surface area contributed by atoms with E-state index in [0.717, 1.165) is 10.5 Å². The summed E-state index contributed by atoms with van der Waals surface area (Å²) in [6.07, 6.45) is -5.07. The van der Waals surface area contributed by atoms with Gasteiger partial charge in [0.15, 0.2) is 0 Å². The van der Waals surface area contributed by atoms with E-state index in [0.29, 0.717) is 5.75 Å². The van der Waals surface area contributed by atoms with Crippen molar-refractivity contribution in [2.24, 2.45) is 11.8 Å². The first-order valence-corrected chi connectivity index (χ1v) is 8.14. The molecule has 2 amide bonds. The summed E-state index contributed by atoms with van der Waals surface area (Å²) in [7, 11) is 0. The van der Waals surface area contributed by atoms with Crippen LogP contribution in [0.15, 0.2) is 24.3 Å². The molecule has 3 atom stereocenters. The Morgan fingerprint density at radius 1 is 1.35 bits per heavy atom. The number of aliphatic carboxylic acids is 1. The minimum absolute atomic E-state index is 0.0814. The number of benzene rings is 1. The Kier molecular flexibility index (Phi) is 5.99. The first-order chi connectivity index (χ1) is 12.1. The van der Waals surface area contributed by atoms with Crippen LogP contribution in [0.2, 0.25) is 0 Å². The molecule has 1 aromatic carbocycles. The number of rotatable bonds is 5. The molecular weight excluding hydrogens is 353 g/mol. The van der Waals surface area contributed by atoms with Crippen LogP contribution in [0.1, 0.15) is 12.5 Å². The van der Waals surface area contributed by atoms with E-state index in [1.807, 2.05) is 19.1 Å². The van der Waals surface area contributed by atoms with E-state index < -0.39 is 49.2 Å². The van der Waals surface area contributed by atoms with Crippen LogP contribution in [0, 0.1) is 18.8 Å². The van der Waals surface area contributed by atoms with Gasteiger partial charge in [0.25, 0.3) is 0 Å². The maximum atomic E-state index is 13.0. The molecule has 144 valence electrons. The van der Waals surface area contributed by atoms with Gasteiger partial charge in [0.1, 0.15) is 11.9 Å². The van der Waals surface area contributed by atoms with Gasteiger partial charge in [-0.15, -0.1) is 0 Å². The second kappa shape index (κ2) is 7.84. The van der Waals surface area contributed by atoms with E-state index in [1.54, 1.807) is 19.1 Å². The number of nitrogens with one attached hydrogen (secondary N) is 1. The molecule has 0 aromatic heterocycles. The van der Waals surface area contributed by atoms with Crippen molar-refractivity contribution in [3.63, 3.8) is 0 Å². The lowest BCUT2D eigenvalue weighted by atomic mass is 9.96. The van der Waals surface area contributed by atoms with Gasteiger partial charge in [-0.05, 0) is 25.5 Å². The molecule has 1 saturated heterocycles. The van der Waals surface area contributed by atoms with Crippen molar-refractivity contribution in [1.29, 1.82) is 0 Å². The molecule has 26 heavy (non-hydrogen) atoms. The van der Waals surface area contributed by atoms with Gasteiger partial charge < -0.3 is 20.1 Å². The Bertz CT molecular complexity index is 666. The van der Waals surface area contributed by atoms with Crippen LogP contribution in [0.5, 0.6) is 5.75 Å². The predicted octanol–water partition coefficient (Wildman–Crippen LogP) is 2.67. The SMILES string of the molecule is Cc1ccccc1OC(C)CNC(=O)N1C[C@@H](C(F)(F)F)[C@H](C(=O)O)C1. The standard InChI is InChI=1S/C17H21F3N2O4/c1-10-5-3-4-6-14(10)26-11(2)7-21-16(25)22-8-12(15(23)24)13(9-22)17(18,19)20/h3-6,11-13H,7-9H2,1-2H3,(H,21,25)(H,23,24)/t11?,12-,13-/m1/s1. The Hall–Kier alpha value is -2.45. The van der Waals surface area contributed by atoms with Gasteiger partial charge in [-0.25, -0.2) is 4.79 Å². The average Bonchev–Trinajstić information content (AvgIpc) is 3.01. The first kappa shape index (κ1) is 19.9. The summed E-state index contributed by atoms with van der Waals surface area (Å²) in [6.45, 7) is 2.53. The topological polar surface area (TPSA) is 78.9 Å². The Balaban J connectivity index is 1.90. The number of alkyl halides is 3. The van der Waals surface area contributed by atoms with Crippen molar-refractivity contribution in [3.8, 4) is 5.75 Å². The van der Waals surface area contributed by atoms with Crippen molar-refractivity contribution in [2.45, 2.75) is 26.1 Å². The van der Waals surface area contributed by atoms with Crippen molar-refractivity contribution in [1.82, 2.24) is 10.2 Å². The molecule has 0 radical (unpaired) electrons. The molecule has 0 spiro atoms. The molecular formula is C17H21F3N2O4. The highest BCUT2D eigenvalue weighted by Gasteiger charge is 2.53. The number of carboxylic acids is 1. The zero-order valence-corrected chi connectivity index (χ0v) is 14.4. The molecule has 0 bridgehead atoms. The molecule has 2 N–H and O–H groups in total. The second-order valence-electron chi connectivity index (χ2n) is 6.38. The van der Waals surface area contributed by atoms with Gasteiger partial charge in [-0.3, -0.25) is 4.79 Å². The van der Waals surface area contributed by atoms with Gasteiger partial charge in [-0.1, -0.05) is 18.2 Å². The van der Waals surface area contributed by atoms with Gasteiger partial charge in [0.2, 0.25) is 0 Å². The number of amides is 2. The maximum absolute atomic E-state index is 13.0. The summed E-state index contributed by atoms with van der Waals surface area (Å²) in [5.74, 6) is -4.62. The number of halogens is 3. The van der Waals surface area contributed by atoms with E-state index in [1.165, 1.54) is 0 Å². The Morgan fingerprint density at radius 3 is 2.54 bits per heavy atom. The zero-order chi connectivity index (χ0) is 19.5. The van der Waals surface area contributed by atoms with Crippen molar-refractivity contribution in [3.05, 3.63) is 29.8 Å². The maximum Gasteiger partial charge on any atom is 0.394 e. The summed E-state index contributed by atoms with van der Waals surface area (Å²) in [4.78, 5) is 24.0. The van der Waals surface area contributed by atoms with E-state index in [-0.39, 0.29) is 6.54 Å². The highest BCUT2D eigenvalue weighted by atomic mass is 19.4. The normalized spacial score (nSPS) is 21.3. The van der Waals surface area contributed by atoms with Gasteiger partial charge in [0.05, 0.1) is 18.4 Å². The van der Waals surface area contributed by atoms with Gasteiger partial charge >= 0.3 is 18.2 Å². The van der Waals surface area contributed by atoms with Crippen molar-refractivity contribution >= 4 is 12.0 Å². The molecule has 1 aliphatic rings. The fourth-order valence-corrected chi connectivity index (χ4v) is 2.84. The molecule has 9 heteroatoms. The third-order valence-corrected chi connectivity index (χ3v) is 4.31. The third-order valence-electron chi connectivity index (χ3n) is 4.31. The number of nitrogens with zero attached hydrogens (tertiary/aromatic N) is 1. The number of carbonyl (C=O) groups is 2. The molecule has 0 aliphatic carbocycles. The Morgan fingerprint density at radius 2 is 2.00 bits per heavy atom. The molecule has 2 rings (SSSR count). The number of hydrogen-bond donors (Lipinski definition) is 2. The number of hydrogen-bond acceptors (Lipinski definition) is 3. The van der Waals surface area contributed by atoms with Crippen LogP contribution in [-0.2, 0) is 4.79 Å². The number of urea groups is 1. The number of ether oxygens (including phenoxy) is 1.